The summed E-state index contributed by atoms with van der Waals surface area (Å²) in [4.78, 5) is 2.30. The molecule has 0 aromatic heterocycles. The number of rotatable bonds is 6. The van der Waals surface area contributed by atoms with Crippen molar-refractivity contribution >= 4 is 0 Å². The molecule has 1 atom stereocenters. The molecule has 27 heavy (non-hydrogen) atoms. The summed E-state index contributed by atoms with van der Waals surface area (Å²) < 4.78 is 5.79. The van der Waals surface area contributed by atoms with Crippen molar-refractivity contribution in [1.82, 2.24) is 4.90 Å². The lowest BCUT2D eigenvalue weighted by molar-refractivity contribution is 0.0638. The third-order valence-corrected chi connectivity index (χ3v) is 5.08. The number of aliphatic hydroxyl groups is 1. The maximum atomic E-state index is 10.4. The van der Waals surface area contributed by atoms with E-state index in [-0.39, 0.29) is 0 Å². The third kappa shape index (κ3) is 4.57. The third-order valence-electron chi connectivity index (χ3n) is 5.08. The molecular formula is C24H25NO2. The standard InChI is InChI=1S/C24H25NO2/c26-23(17-25-15-14-20-8-4-5-9-22(20)16-25)18-27-24-12-10-21(11-13-24)19-6-2-1-3-7-19/h1-13,23,26H,14-18H2/t23-/m1/s1. The van der Waals surface area contributed by atoms with E-state index in [4.69, 9.17) is 4.74 Å². The molecular weight excluding hydrogens is 334 g/mol. The Balaban J connectivity index is 1.28. The molecule has 0 spiro atoms. The van der Waals surface area contributed by atoms with Crippen molar-refractivity contribution < 1.29 is 9.84 Å². The second-order valence-electron chi connectivity index (χ2n) is 7.11. The second kappa shape index (κ2) is 8.38. The van der Waals surface area contributed by atoms with Gasteiger partial charge in [-0.15, -0.1) is 0 Å². The Labute approximate surface area is 160 Å². The predicted octanol–water partition coefficient (Wildman–Crippen LogP) is 4.15. The highest BCUT2D eigenvalue weighted by molar-refractivity contribution is 5.63. The van der Waals surface area contributed by atoms with Crippen LogP contribution in [0.5, 0.6) is 5.75 Å². The molecule has 3 heteroatoms. The van der Waals surface area contributed by atoms with E-state index in [1.54, 1.807) is 0 Å². The molecule has 1 aliphatic rings. The van der Waals surface area contributed by atoms with E-state index in [1.807, 2.05) is 30.3 Å². The van der Waals surface area contributed by atoms with Crippen molar-refractivity contribution in [2.75, 3.05) is 19.7 Å². The SMILES string of the molecule is O[C@@H](COc1ccc(-c2ccccc2)cc1)CN1CCc2ccccc2C1. The molecule has 0 fully saturated rings. The normalized spacial score (nSPS) is 15.1. The van der Waals surface area contributed by atoms with Gasteiger partial charge in [0.1, 0.15) is 18.5 Å². The van der Waals surface area contributed by atoms with E-state index < -0.39 is 6.10 Å². The zero-order valence-corrected chi connectivity index (χ0v) is 15.4. The van der Waals surface area contributed by atoms with Crippen LogP contribution in [0.3, 0.4) is 0 Å². The summed E-state index contributed by atoms with van der Waals surface area (Å²) in [6, 6.07) is 26.9. The van der Waals surface area contributed by atoms with Crippen LogP contribution in [0, 0.1) is 0 Å². The number of hydrogen-bond acceptors (Lipinski definition) is 3. The summed E-state index contributed by atoms with van der Waals surface area (Å²) in [5.74, 6) is 0.790. The Kier molecular flexibility index (Phi) is 5.52. The lowest BCUT2D eigenvalue weighted by atomic mass is 10.00. The topological polar surface area (TPSA) is 32.7 Å². The molecule has 3 aromatic rings. The summed E-state index contributed by atoms with van der Waals surface area (Å²) in [5, 5.41) is 10.4. The second-order valence-corrected chi connectivity index (χ2v) is 7.11. The fourth-order valence-electron chi connectivity index (χ4n) is 3.63. The van der Waals surface area contributed by atoms with Crippen molar-refractivity contribution in [2.45, 2.75) is 19.1 Å². The van der Waals surface area contributed by atoms with Crippen LogP contribution in [0.15, 0.2) is 78.9 Å². The minimum absolute atomic E-state index is 0.308. The van der Waals surface area contributed by atoms with E-state index in [2.05, 4.69) is 53.4 Å². The molecule has 0 amide bonds. The zero-order valence-electron chi connectivity index (χ0n) is 15.4. The van der Waals surface area contributed by atoms with Gasteiger partial charge in [0.25, 0.3) is 0 Å². The van der Waals surface area contributed by atoms with Crippen molar-refractivity contribution in [1.29, 1.82) is 0 Å². The highest BCUT2D eigenvalue weighted by atomic mass is 16.5. The van der Waals surface area contributed by atoms with Crippen molar-refractivity contribution in [2.24, 2.45) is 0 Å². The predicted molar refractivity (Wildman–Crippen MR) is 109 cm³/mol. The first-order chi connectivity index (χ1) is 13.3. The van der Waals surface area contributed by atoms with E-state index >= 15 is 0 Å². The highest BCUT2D eigenvalue weighted by Crippen LogP contribution is 2.22. The van der Waals surface area contributed by atoms with Gasteiger partial charge in [-0.1, -0.05) is 66.7 Å². The number of β-amino-alcohol motifs (C(OH)–C–C–N with tert-alkyl or cyclic N) is 1. The first-order valence-electron chi connectivity index (χ1n) is 9.53. The van der Waals surface area contributed by atoms with Crippen LogP contribution in [0.4, 0.5) is 0 Å². The minimum atomic E-state index is -0.496. The molecule has 1 heterocycles. The van der Waals surface area contributed by atoms with Gasteiger partial charge in [-0.3, -0.25) is 4.90 Å². The monoisotopic (exact) mass is 359 g/mol. The molecule has 4 rings (SSSR count). The Morgan fingerprint density at radius 1 is 0.815 bits per heavy atom. The Morgan fingerprint density at radius 2 is 1.48 bits per heavy atom. The van der Waals surface area contributed by atoms with Gasteiger partial charge in [-0.2, -0.15) is 0 Å². The maximum Gasteiger partial charge on any atom is 0.119 e. The van der Waals surface area contributed by atoms with Gasteiger partial charge in [0, 0.05) is 19.6 Å². The van der Waals surface area contributed by atoms with Crippen molar-refractivity contribution in [3.05, 3.63) is 90.0 Å². The lowest BCUT2D eigenvalue weighted by Crippen LogP contribution is -2.38. The van der Waals surface area contributed by atoms with Gasteiger partial charge >= 0.3 is 0 Å². The van der Waals surface area contributed by atoms with Gasteiger partial charge in [-0.05, 0) is 40.8 Å². The summed E-state index contributed by atoms with van der Waals surface area (Å²) >= 11 is 0. The molecule has 0 bridgehead atoms. The first-order valence-corrected chi connectivity index (χ1v) is 9.53. The molecule has 0 radical (unpaired) electrons. The fraction of sp³-hybridized carbons (Fsp3) is 0.250. The molecule has 0 unspecified atom stereocenters. The van der Waals surface area contributed by atoms with Crippen LogP contribution in [0.1, 0.15) is 11.1 Å². The maximum absolute atomic E-state index is 10.4. The first kappa shape index (κ1) is 17.8. The van der Waals surface area contributed by atoms with Crippen LogP contribution in [0.25, 0.3) is 11.1 Å². The van der Waals surface area contributed by atoms with Crippen LogP contribution < -0.4 is 4.74 Å². The summed E-state index contributed by atoms with van der Waals surface area (Å²) in [6.45, 7) is 2.83. The molecule has 3 nitrogen and oxygen atoms in total. The Morgan fingerprint density at radius 3 is 2.26 bits per heavy atom. The quantitative estimate of drug-likeness (QED) is 0.718. The average Bonchev–Trinajstić information content (AvgIpc) is 2.73. The highest BCUT2D eigenvalue weighted by Gasteiger charge is 2.18. The van der Waals surface area contributed by atoms with E-state index in [0.29, 0.717) is 13.2 Å². The zero-order chi connectivity index (χ0) is 18.5. The number of aliphatic hydroxyl groups excluding tert-OH is 1. The minimum Gasteiger partial charge on any atom is -0.491 e. The molecule has 138 valence electrons. The van der Waals surface area contributed by atoms with Crippen LogP contribution in [-0.4, -0.2) is 35.8 Å². The van der Waals surface area contributed by atoms with Gasteiger partial charge in [0.05, 0.1) is 0 Å². The van der Waals surface area contributed by atoms with Gasteiger partial charge in [-0.25, -0.2) is 0 Å². The van der Waals surface area contributed by atoms with Crippen LogP contribution >= 0.6 is 0 Å². The molecule has 3 aromatic carbocycles. The average molecular weight is 359 g/mol. The van der Waals surface area contributed by atoms with Crippen molar-refractivity contribution in [3.8, 4) is 16.9 Å². The molecule has 0 aliphatic carbocycles. The summed E-state index contributed by atoms with van der Waals surface area (Å²) in [6.07, 6.45) is 0.550. The van der Waals surface area contributed by atoms with Gasteiger partial charge < -0.3 is 9.84 Å². The smallest absolute Gasteiger partial charge is 0.119 e. The lowest BCUT2D eigenvalue weighted by Gasteiger charge is -2.30. The number of ether oxygens (including phenoxy) is 1. The van der Waals surface area contributed by atoms with Crippen LogP contribution in [-0.2, 0) is 13.0 Å². The number of benzene rings is 3. The van der Waals surface area contributed by atoms with E-state index in [9.17, 15) is 5.11 Å². The van der Waals surface area contributed by atoms with Crippen LogP contribution in [0.2, 0.25) is 0 Å². The Hall–Kier alpha value is -2.62. The molecule has 1 aliphatic heterocycles. The molecule has 1 N–H and O–H groups in total. The fourth-order valence-corrected chi connectivity index (χ4v) is 3.63. The Bertz CT molecular complexity index is 861. The molecule has 0 saturated carbocycles. The van der Waals surface area contributed by atoms with Crippen molar-refractivity contribution in [3.63, 3.8) is 0 Å². The number of fused-ring (bicyclic) bond motifs is 1. The van der Waals surface area contributed by atoms with E-state index in [0.717, 1.165) is 30.8 Å². The number of hydrogen-bond donors (Lipinski definition) is 1. The van der Waals surface area contributed by atoms with E-state index in [1.165, 1.54) is 16.7 Å². The van der Waals surface area contributed by atoms with Gasteiger partial charge in [0.15, 0.2) is 0 Å². The number of nitrogens with zero attached hydrogens (tertiary/aromatic N) is 1. The summed E-state index contributed by atoms with van der Waals surface area (Å²) in [7, 11) is 0. The summed E-state index contributed by atoms with van der Waals surface area (Å²) in [5.41, 5.74) is 5.15. The van der Waals surface area contributed by atoms with Gasteiger partial charge in [0.2, 0.25) is 0 Å². The largest absolute Gasteiger partial charge is 0.491 e. The molecule has 0 saturated heterocycles.